The van der Waals surface area contributed by atoms with Gasteiger partial charge in [0.2, 0.25) is 0 Å². The van der Waals surface area contributed by atoms with Gasteiger partial charge in [0.1, 0.15) is 0 Å². The van der Waals surface area contributed by atoms with E-state index >= 15 is 0 Å². The van der Waals surface area contributed by atoms with E-state index in [1.807, 2.05) is 0 Å². The zero-order valence-corrected chi connectivity index (χ0v) is 13.1. The van der Waals surface area contributed by atoms with E-state index in [9.17, 15) is 9.90 Å². The van der Waals surface area contributed by atoms with E-state index in [1.165, 1.54) is 25.7 Å². The third-order valence-electron chi connectivity index (χ3n) is 6.92. The molecule has 0 amide bonds. The van der Waals surface area contributed by atoms with Gasteiger partial charge < -0.3 is 5.11 Å². The minimum absolute atomic E-state index is 0.374. The molecule has 2 nitrogen and oxygen atoms in total. The molecular formula is C18H30O2. The number of hydrogen-bond donors (Lipinski definition) is 1. The Hall–Kier alpha value is -0.530. The van der Waals surface area contributed by atoms with Gasteiger partial charge in [-0.25, -0.2) is 0 Å². The van der Waals surface area contributed by atoms with Crippen LogP contribution in [-0.4, -0.2) is 11.1 Å². The molecule has 20 heavy (non-hydrogen) atoms. The van der Waals surface area contributed by atoms with E-state index in [0.717, 1.165) is 55.8 Å². The van der Waals surface area contributed by atoms with Crippen molar-refractivity contribution >= 4 is 5.97 Å². The van der Waals surface area contributed by atoms with E-state index in [4.69, 9.17) is 0 Å². The monoisotopic (exact) mass is 278 g/mol. The van der Waals surface area contributed by atoms with Gasteiger partial charge in [-0.2, -0.15) is 0 Å². The SMILES string of the molecule is CC(C)C1CCC(CC2CC3CCC2C3)(C(=O)O)CC1. The van der Waals surface area contributed by atoms with E-state index in [1.54, 1.807) is 0 Å². The normalized spacial score (nSPS) is 44.1. The number of carbonyl (C=O) groups is 1. The Morgan fingerprint density at radius 2 is 1.85 bits per heavy atom. The molecule has 2 heteroatoms. The standard InChI is InChI=1S/C18H30O2/c1-12(2)14-5-7-18(8-6-14,17(19)20)11-16-10-13-3-4-15(16)9-13/h12-16H,3-11H2,1-2H3,(H,19,20). The first-order valence-corrected chi connectivity index (χ1v) is 8.73. The lowest BCUT2D eigenvalue weighted by molar-refractivity contribution is -0.153. The summed E-state index contributed by atoms with van der Waals surface area (Å²) in [5.41, 5.74) is -0.374. The van der Waals surface area contributed by atoms with Crippen molar-refractivity contribution in [3.63, 3.8) is 0 Å². The van der Waals surface area contributed by atoms with E-state index in [2.05, 4.69) is 13.8 Å². The Balaban J connectivity index is 1.65. The number of carboxylic acid groups (broad SMARTS) is 1. The smallest absolute Gasteiger partial charge is 0.309 e. The maximum absolute atomic E-state index is 11.9. The highest BCUT2D eigenvalue weighted by molar-refractivity contribution is 5.74. The lowest BCUT2D eigenvalue weighted by atomic mass is 9.63. The van der Waals surface area contributed by atoms with Gasteiger partial charge in [-0.3, -0.25) is 4.79 Å². The number of aliphatic carboxylic acids is 1. The fourth-order valence-electron chi connectivity index (χ4n) is 5.49. The molecule has 0 aliphatic heterocycles. The number of fused-ring (bicyclic) bond motifs is 2. The predicted molar refractivity (Wildman–Crippen MR) is 80.4 cm³/mol. The molecule has 0 aromatic heterocycles. The maximum atomic E-state index is 11.9. The van der Waals surface area contributed by atoms with Crippen molar-refractivity contribution in [3.8, 4) is 0 Å². The summed E-state index contributed by atoms with van der Waals surface area (Å²) < 4.78 is 0. The van der Waals surface area contributed by atoms with Crippen molar-refractivity contribution in [2.45, 2.75) is 71.6 Å². The van der Waals surface area contributed by atoms with Crippen molar-refractivity contribution in [1.82, 2.24) is 0 Å². The van der Waals surface area contributed by atoms with Gasteiger partial charge in [0.15, 0.2) is 0 Å². The van der Waals surface area contributed by atoms with Crippen molar-refractivity contribution in [2.75, 3.05) is 0 Å². The molecule has 3 aliphatic rings. The second-order valence-corrected chi connectivity index (χ2v) is 8.31. The molecule has 3 unspecified atom stereocenters. The van der Waals surface area contributed by atoms with Gasteiger partial charge in [-0.15, -0.1) is 0 Å². The second-order valence-electron chi connectivity index (χ2n) is 8.31. The highest BCUT2D eigenvalue weighted by Gasteiger charge is 2.48. The van der Waals surface area contributed by atoms with E-state index in [-0.39, 0.29) is 5.41 Å². The van der Waals surface area contributed by atoms with E-state index in [0.29, 0.717) is 5.92 Å². The quantitative estimate of drug-likeness (QED) is 0.807. The van der Waals surface area contributed by atoms with Gasteiger partial charge in [-0.1, -0.05) is 20.3 Å². The first kappa shape index (κ1) is 14.4. The first-order chi connectivity index (χ1) is 9.50. The number of hydrogen-bond acceptors (Lipinski definition) is 1. The van der Waals surface area contributed by atoms with Crippen molar-refractivity contribution in [3.05, 3.63) is 0 Å². The zero-order valence-electron chi connectivity index (χ0n) is 13.1. The molecule has 0 heterocycles. The van der Waals surface area contributed by atoms with Crippen LogP contribution in [0.5, 0.6) is 0 Å². The van der Waals surface area contributed by atoms with Crippen LogP contribution in [-0.2, 0) is 4.79 Å². The topological polar surface area (TPSA) is 37.3 Å². The summed E-state index contributed by atoms with van der Waals surface area (Å²) in [4.78, 5) is 11.9. The Labute approximate surface area is 123 Å². The van der Waals surface area contributed by atoms with Crippen LogP contribution in [0.3, 0.4) is 0 Å². The molecule has 3 aliphatic carbocycles. The second kappa shape index (κ2) is 5.35. The minimum Gasteiger partial charge on any atom is -0.481 e. The van der Waals surface area contributed by atoms with Gasteiger partial charge in [0, 0.05) is 0 Å². The number of carboxylic acids is 1. The highest BCUT2D eigenvalue weighted by Crippen LogP contribution is 2.55. The Morgan fingerprint density at radius 3 is 2.30 bits per heavy atom. The van der Waals surface area contributed by atoms with E-state index < -0.39 is 5.97 Å². The van der Waals surface area contributed by atoms with Crippen LogP contribution in [0.2, 0.25) is 0 Å². The molecule has 3 fully saturated rings. The molecule has 0 radical (unpaired) electrons. The fraction of sp³-hybridized carbons (Fsp3) is 0.944. The van der Waals surface area contributed by atoms with Crippen molar-refractivity contribution in [1.29, 1.82) is 0 Å². The largest absolute Gasteiger partial charge is 0.481 e. The Morgan fingerprint density at radius 1 is 1.15 bits per heavy atom. The van der Waals surface area contributed by atoms with Crippen LogP contribution in [0.1, 0.15) is 71.6 Å². The van der Waals surface area contributed by atoms with Gasteiger partial charge in [0.05, 0.1) is 5.41 Å². The average Bonchev–Trinajstić information content (AvgIpc) is 3.01. The minimum atomic E-state index is -0.498. The molecule has 0 aromatic carbocycles. The van der Waals surface area contributed by atoms with Crippen LogP contribution in [0, 0.1) is 35.0 Å². The van der Waals surface area contributed by atoms with Crippen molar-refractivity contribution < 1.29 is 9.90 Å². The summed E-state index contributed by atoms with van der Waals surface area (Å²) in [5, 5.41) is 9.84. The zero-order chi connectivity index (χ0) is 14.3. The summed E-state index contributed by atoms with van der Waals surface area (Å²) in [6.07, 6.45) is 10.6. The lowest BCUT2D eigenvalue weighted by Gasteiger charge is -2.41. The molecule has 0 aromatic rings. The molecular weight excluding hydrogens is 248 g/mol. The summed E-state index contributed by atoms with van der Waals surface area (Å²) in [6, 6.07) is 0. The third kappa shape index (κ3) is 2.51. The molecule has 3 atom stereocenters. The Bertz CT molecular complexity index is 366. The van der Waals surface area contributed by atoms with Crippen LogP contribution in [0.4, 0.5) is 0 Å². The first-order valence-electron chi connectivity index (χ1n) is 8.73. The van der Waals surface area contributed by atoms with Gasteiger partial charge in [-0.05, 0) is 81.0 Å². The summed E-state index contributed by atoms with van der Waals surface area (Å²) in [7, 11) is 0. The van der Waals surface area contributed by atoms with Crippen LogP contribution in [0.25, 0.3) is 0 Å². The molecule has 2 bridgehead atoms. The maximum Gasteiger partial charge on any atom is 0.309 e. The molecule has 0 saturated heterocycles. The molecule has 3 rings (SSSR count). The van der Waals surface area contributed by atoms with Crippen LogP contribution in [0.15, 0.2) is 0 Å². The summed E-state index contributed by atoms with van der Waals surface area (Å²) >= 11 is 0. The molecule has 3 saturated carbocycles. The van der Waals surface area contributed by atoms with Crippen LogP contribution < -0.4 is 0 Å². The predicted octanol–water partition coefficient (Wildman–Crippen LogP) is 4.73. The third-order valence-corrected chi connectivity index (χ3v) is 6.92. The Kier molecular flexibility index (Phi) is 3.85. The fourth-order valence-corrected chi connectivity index (χ4v) is 5.49. The molecule has 1 N–H and O–H groups in total. The van der Waals surface area contributed by atoms with Crippen LogP contribution >= 0.6 is 0 Å². The number of rotatable bonds is 4. The lowest BCUT2D eigenvalue weighted by Crippen LogP contribution is -2.38. The molecule has 0 spiro atoms. The average molecular weight is 278 g/mol. The summed E-state index contributed by atoms with van der Waals surface area (Å²) in [5.74, 6) is 3.48. The van der Waals surface area contributed by atoms with Gasteiger partial charge >= 0.3 is 5.97 Å². The van der Waals surface area contributed by atoms with Crippen molar-refractivity contribution in [2.24, 2.45) is 35.0 Å². The summed E-state index contributed by atoms with van der Waals surface area (Å²) in [6.45, 7) is 4.57. The highest BCUT2D eigenvalue weighted by atomic mass is 16.4. The van der Waals surface area contributed by atoms with Gasteiger partial charge in [0.25, 0.3) is 0 Å². The molecule has 114 valence electrons.